The molecule has 0 saturated heterocycles. The molecule has 3 aromatic rings. The number of nitrogens with one attached hydrogen (secondary N) is 1. The Bertz CT molecular complexity index is 1190. The highest BCUT2D eigenvalue weighted by Gasteiger charge is 2.28. The summed E-state index contributed by atoms with van der Waals surface area (Å²) in [4.78, 5) is 12.5. The lowest BCUT2D eigenvalue weighted by atomic mass is 10.3. The molecule has 0 atom stereocenters. The number of hydrogen-bond donors (Lipinski definition) is 1. The highest BCUT2D eigenvalue weighted by molar-refractivity contribution is 7.92. The summed E-state index contributed by atoms with van der Waals surface area (Å²) in [6.07, 6.45) is 0. The van der Waals surface area contributed by atoms with Crippen LogP contribution in [0.4, 0.5) is 20.2 Å². The van der Waals surface area contributed by atoms with Gasteiger partial charge in [0.15, 0.2) is 11.6 Å². The van der Waals surface area contributed by atoms with Crippen LogP contribution in [0.1, 0.15) is 0 Å². The van der Waals surface area contributed by atoms with Gasteiger partial charge in [0.1, 0.15) is 6.54 Å². The molecule has 30 heavy (non-hydrogen) atoms. The van der Waals surface area contributed by atoms with Crippen LogP contribution in [-0.2, 0) is 14.8 Å². The summed E-state index contributed by atoms with van der Waals surface area (Å²) in [7, 11) is -4.18. The van der Waals surface area contributed by atoms with Gasteiger partial charge in [0.2, 0.25) is 5.91 Å². The summed E-state index contributed by atoms with van der Waals surface area (Å²) in [6, 6.07) is 14.4. The van der Waals surface area contributed by atoms with E-state index in [1.165, 1.54) is 42.5 Å². The van der Waals surface area contributed by atoms with E-state index >= 15 is 0 Å². The van der Waals surface area contributed by atoms with Gasteiger partial charge in [-0.1, -0.05) is 41.4 Å². The molecule has 0 bridgehead atoms. The second-order valence-electron chi connectivity index (χ2n) is 6.10. The van der Waals surface area contributed by atoms with E-state index in [9.17, 15) is 22.0 Å². The molecule has 0 radical (unpaired) electrons. The molecular weight excluding hydrogens is 457 g/mol. The molecule has 1 N–H and O–H groups in total. The van der Waals surface area contributed by atoms with Crippen LogP contribution in [0.15, 0.2) is 71.6 Å². The molecule has 0 saturated carbocycles. The fourth-order valence-electron chi connectivity index (χ4n) is 2.61. The summed E-state index contributed by atoms with van der Waals surface area (Å²) in [5.74, 6) is -3.01. The molecular formula is C20H14Cl2F2N2O3S. The van der Waals surface area contributed by atoms with E-state index in [1.54, 1.807) is 6.07 Å². The number of rotatable bonds is 6. The Morgan fingerprint density at radius 2 is 1.63 bits per heavy atom. The number of anilines is 2. The zero-order chi connectivity index (χ0) is 21.9. The first kappa shape index (κ1) is 22.0. The van der Waals surface area contributed by atoms with Crippen LogP contribution < -0.4 is 9.62 Å². The third-order valence-corrected chi connectivity index (χ3v) is 6.31. The van der Waals surface area contributed by atoms with Gasteiger partial charge >= 0.3 is 0 Å². The highest BCUT2D eigenvalue weighted by atomic mass is 35.5. The van der Waals surface area contributed by atoms with E-state index < -0.39 is 34.1 Å². The molecule has 156 valence electrons. The molecule has 0 aliphatic carbocycles. The minimum atomic E-state index is -4.18. The Morgan fingerprint density at radius 3 is 2.27 bits per heavy atom. The Kier molecular flexibility index (Phi) is 6.60. The third-order valence-electron chi connectivity index (χ3n) is 4.00. The smallest absolute Gasteiger partial charge is 0.264 e. The molecule has 3 rings (SSSR count). The maximum atomic E-state index is 13.4. The maximum absolute atomic E-state index is 13.4. The van der Waals surface area contributed by atoms with Crippen molar-refractivity contribution in [1.82, 2.24) is 0 Å². The van der Waals surface area contributed by atoms with Crippen molar-refractivity contribution in [2.24, 2.45) is 0 Å². The van der Waals surface area contributed by atoms with E-state index in [0.717, 1.165) is 22.5 Å². The van der Waals surface area contributed by atoms with Gasteiger partial charge in [0, 0.05) is 16.8 Å². The van der Waals surface area contributed by atoms with Crippen molar-refractivity contribution in [3.8, 4) is 0 Å². The number of carbonyl (C=O) groups is 1. The number of nitrogens with zero attached hydrogens (tertiary/aromatic N) is 1. The molecule has 10 heteroatoms. The minimum absolute atomic E-state index is 0.0163. The number of halogens is 4. The zero-order valence-electron chi connectivity index (χ0n) is 15.2. The molecule has 0 spiro atoms. The molecule has 5 nitrogen and oxygen atoms in total. The highest BCUT2D eigenvalue weighted by Crippen LogP contribution is 2.32. The number of carbonyl (C=O) groups excluding carboxylic acids is 1. The molecule has 0 aliphatic rings. The maximum Gasteiger partial charge on any atom is 0.264 e. The molecule has 0 unspecified atom stereocenters. The number of amides is 1. The van der Waals surface area contributed by atoms with E-state index in [-0.39, 0.29) is 26.3 Å². The minimum Gasteiger partial charge on any atom is -0.324 e. The van der Waals surface area contributed by atoms with Gasteiger partial charge in [0.25, 0.3) is 10.0 Å². The van der Waals surface area contributed by atoms with Crippen LogP contribution in [0.3, 0.4) is 0 Å². The number of benzene rings is 3. The molecule has 0 fully saturated rings. The van der Waals surface area contributed by atoms with Crippen LogP contribution in [0.5, 0.6) is 0 Å². The standard InChI is InChI=1S/C20H14Cl2F2N2O3S/c21-13-6-9-19(16(22)10-13)26(30(28,29)15-4-2-1-3-5-15)12-20(27)25-14-7-8-17(23)18(24)11-14/h1-11H,12H2,(H,25,27). The lowest BCUT2D eigenvalue weighted by Gasteiger charge is -2.25. The van der Waals surface area contributed by atoms with Crippen LogP contribution in [0.25, 0.3) is 0 Å². The van der Waals surface area contributed by atoms with Crippen molar-refractivity contribution in [2.45, 2.75) is 4.90 Å². The van der Waals surface area contributed by atoms with Crippen molar-refractivity contribution in [1.29, 1.82) is 0 Å². The monoisotopic (exact) mass is 470 g/mol. The van der Waals surface area contributed by atoms with Gasteiger partial charge in [-0.2, -0.15) is 0 Å². The van der Waals surface area contributed by atoms with E-state index in [2.05, 4.69) is 5.32 Å². The first-order chi connectivity index (χ1) is 14.2. The normalized spacial score (nSPS) is 11.2. The summed E-state index contributed by atoms with van der Waals surface area (Å²) in [5, 5.41) is 2.64. The Hall–Kier alpha value is -2.68. The van der Waals surface area contributed by atoms with E-state index in [1.807, 2.05) is 0 Å². The fourth-order valence-corrected chi connectivity index (χ4v) is 4.63. The molecule has 0 aromatic heterocycles. The molecule has 0 heterocycles. The van der Waals surface area contributed by atoms with Gasteiger partial charge in [-0.15, -0.1) is 0 Å². The first-order valence-corrected chi connectivity index (χ1v) is 10.7. The third kappa shape index (κ3) is 4.89. The van der Waals surface area contributed by atoms with E-state index in [0.29, 0.717) is 0 Å². The van der Waals surface area contributed by atoms with Gasteiger partial charge in [-0.25, -0.2) is 17.2 Å². The Balaban J connectivity index is 1.97. The zero-order valence-corrected chi connectivity index (χ0v) is 17.5. The molecule has 1 amide bonds. The summed E-state index contributed by atoms with van der Waals surface area (Å²) < 4.78 is 53.7. The van der Waals surface area contributed by atoms with E-state index in [4.69, 9.17) is 23.2 Å². The molecule has 0 aliphatic heterocycles. The molecule has 3 aromatic carbocycles. The van der Waals surface area contributed by atoms with Crippen molar-refractivity contribution in [3.05, 3.63) is 88.4 Å². The number of sulfonamides is 1. The fraction of sp³-hybridized carbons (Fsp3) is 0.0500. The quantitative estimate of drug-likeness (QED) is 0.544. The largest absolute Gasteiger partial charge is 0.324 e. The van der Waals surface area contributed by atoms with Gasteiger partial charge < -0.3 is 5.32 Å². The van der Waals surface area contributed by atoms with Crippen LogP contribution in [0, 0.1) is 11.6 Å². The number of hydrogen-bond acceptors (Lipinski definition) is 3. The average Bonchev–Trinajstić information content (AvgIpc) is 2.70. The Morgan fingerprint density at radius 1 is 0.933 bits per heavy atom. The van der Waals surface area contributed by atoms with Gasteiger partial charge in [-0.3, -0.25) is 9.10 Å². The van der Waals surface area contributed by atoms with Crippen LogP contribution >= 0.6 is 23.2 Å². The van der Waals surface area contributed by atoms with Gasteiger partial charge in [0.05, 0.1) is 15.6 Å². The topological polar surface area (TPSA) is 66.5 Å². The predicted octanol–water partition coefficient (Wildman–Crippen LogP) is 5.11. The van der Waals surface area contributed by atoms with Crippen LogP contribution in [0.2, 0.25) is 10.0 Å². The first-order valence-electron chi connectivity index (χ1n) is 8.46. The SMILES string of the molecule is O=C(CN(c1ccc(Cl)cc1Cl)S(=O)(=O)c1ccccc1)Nc1ccc(F)c(F)c1. The Labute approximate surface area is 181 Å². The van der Waals surface area contributed by atoms with Crippen molar-refractivity contribution < 1.29 is 22.0 Å². The summed E-state index contributed by atoms with van der Waals surface area (Å²) >= 11 is 12.1. The van der Waals surface area contributed by atoms with Crippen molar-refractivity contribution in [3.63, 3.8) is 0 Å². The second-order valence-corrected chi connectivity index (χ2v) is 8.80. The average molecular weight is 471 g/mol. The lowest BCUT2D eigenvalue weighted by Crippen LogP contribution is -2.38. The van der Waals surface area contributed by atoms with Crippen LogP contribution in [-0.4, -0.2) is 20.9 Å². The second kappa shape index (κ2) is 8.99. The predicted molar refractivity (Wildman–Crippen MR) is 112 cm³/mol. The summed E-state index contributed by atoms with van der Waals surface area (Å²) in [6.45, 7) is -0.669. The van der Waals surface area contributed by atoms with Gasteiger partial charge in [-0.05, 0) is 42.5 Å². The lowest BCUT2D eigenvalue weighted by molar-refractivity contribution is -0.114. The van der Waals surface area contributed by atoms with Crippen molar-refractivity contribution >= 4 is 50.5 Å². The summed E-state index contributed by atoms with van der Waals surface area (Å²) in [5.41, 5.74) is 0.00326. The van der Waals surface area contributed by atoms with Crippen molar-refractivity contribution in [2.75, 3.05) is 16.2 Å².